The molecule has 0 bridgehead atoms. The fraction of sp³-hybridized carbons (Fsp3) is 0.167. The van der Waals surface area contributed by atoms with E-state index in [0.29, 0.717) is 5.56 Å². The molecule has 1 aromatic carbocycles. The SMILES string of the molecule is NC(c1ccsc1)c1ccccc1OC(F)(F)F. The number of rotatable bonds is 3. The minimum atomic E-state index is -4.72. The van der Waals surface area contributed by atoms with Crippen molar-refractivity contribution < 1.29 is 17.9 Å². The van der Waals surface area contributed by atoms with Crippen molar-refractivity contribution in [3.8, 4) is 5.75 Å². The number of para-hydroxylation sites is 1. The van der Waals surface area contributed by atoms with Gasteiger partial charge in [0.15, 0.2) is 0 Å². The number of hydrogen-bond acceptors (Lipinski definition) is 3. The molecule has 0 radical (unpaired) electrons. The molecule has 1 heterocycles. The van der Waals surface area contributed by atoms with Crippen LogP contribution < -0.4 is 10.5 Å². The first-order valence-corrected chi connectivity index (χ1v) is 6.04. The molecule has 96 valence electrons. The van der Waals surface area contributed by atoms with Crippen LogP contribution in [0.25, 0.3) is 0 Å². The Morgan fingerprint density at radius 3 is 2.50 bits per heavy atom. The van der Waals surface area contributed by atoms with E-state index in [4.69, 9.17) is 5.73 Å². The van der Waals surface area contributed by atoms with Gasteiger partial charge in [0.1, 0.15) is 5.75 Å². The van der Waals surface area contributed by atoms with E-state index in [1.165, 1.54) is 29.5 Å². The van der Waals surface area contributed by atoms with Gasteiger partial charge in [0.25, 0.3) is 0 Å². The van der Waals surface area contributed by atoms with Gasteiger partial charge in [-0.05, 0) is 28.5 Å². The second-order valence-electron chi connectivity index (χ2n) is 3.62. The summed E-state index contributed by atoms with van der Waals surface area (Å²) in [4.78, 5) is 0. The third-order valence-corrected chi connectivity index (χ3v) is 3.08. The predicted octanol–water partition coefficient (Wildman–Crippen LogP) is 3.69. The van der Waals surface area contributed by atoms with E-state index in [1.807, 2.05) is 5.38 Å². The third-order valence-electron chi connectivity index (χ3n) is 2.38. The van der Waals surface area contributed by atoms with Crippen LogP contribution in [0.4, 0.5) is 13.2 Å². The lowest BCUT2D eigenvalue weighted by Crippen LogP contribution is -2.20. The summed E-state index contributed by atoms with van der Waals surface area (Å²) in [7, 11) is 0. The second-order valence-corrected chi connectivity index (χ2v) is 4.40. The van der Waals surface area contributed by atoms with Crippen molar-refractivity contribution in [3.63, 3.8) is 0 Å². The summed E-state index contributed by atoms with van der Waals surface area (Å²) >= 11 is 1.44. The van der Waals surface area contributed by atoms with E-state index < -0.39 is 12.4 Å². The smallest absolute Gasteiger partial charge is 0.405 e. The fourth-order valence-corrected chi connectivity index (χ4v) is 2.28. The van der Waals surface area contributed by atoms with Gasteiger partial charge in [-0.2, -0.15) is 11.3 Å². The van der Waals surface area contributed by atoms with Crippen LogP contribution in [0.2, 0.25) is 0 Å². The molecule has 0 aliphatic carbocycles. The lowest BCUT2D eigenvalue weighted by atomic mass is 10.0. The highest BCUT2D eigenvalue weighted by atomic mass is 32.1. The summed E-state index contributed by atoms with van der Waals surface area (Å²) in [5.41, 5.74) is 7.02. The first-order valence-electron chi connectivity index (χ1n) is 5.10. The van der Waals surface area contributed by atoms with Crippen molar-refractivity contribution in [2.24, 2.45) is 5.73 Å². The first kappa shape index (κ1) is 12.9. The highest BCUT2D eigenvalue weighted by Crippen LogP contribution is 2.32. The second kappa shape index (κ2) is 4.99. The van der Waals surface area contributed by atoms with E-state index in [0.717, 1.165) is 5.56 Å². The summed E-state index contributed by atoms with van der Waals surface area (Å²) < 4.78 is 40.8. The maximum absolute atomic E-state index is 12.3. The molecule has 0 saturated carbocycles. The van der Waals surface area contributed by atoms with Crippen LogP contribution in [0, 0.1) is 0 Å². The summed E-state index contributed by atoms with van der Waals surface area (Å²) in [6.07, 6.45) is -4.72. The van der Waals surface area contributed by atoms with Gasteiger partial charge in [0, 0.05) is 5.56 Å². The molecule has 2 N–H and O–H groups in total. The molecule has 0 fully saturated rings. The molecule has 0 aliphatic heterocycles. The Hall–Kier alpha value is -1.53. The molecule has 6 heteroatoms. The summed E-state index contributed by atoms with van der Waals surface area (Å²) in [5.74, 6) is -0.260. The molecule has 1 aromatic heterocycles. The van der Waals surface area contributed by atoms with Gasteiger partial charge in [-0.1, -0.05) is 18.2 Å². The fourth-order valence-electron chi connectivity index (χ4n) is 1.59. The van der Waals surface area contributed by atoms with Crippen LogP contribution in [0.1, 0.15) is 17.2 Å². The Bertz CT molecular complexity index is 510. The van der Waals surface area contributed by atoms with Gasteiger partial charge >= 0.3 is 6.36 Å². The van der Waals surface area contributed by atoms with Crippen molar-refractivity contribution in [1.29, 1.82) is 0 Å². The minimum Gasteiger partial charge on any atom is -0.405 e. The Kier molecular flexibility index (Phi) is 3.58. The van der Waals surface area contributed by atoms with E-state index in [9.17, 15) is 13.2 Å². The molecular formula is C12H10F3NOS. The normalized spacial score (nSPS) is 13.3. The zero-order chi connectivity index (χ0) is 13.2. The van der Waals surface area contributed by atoms with Crippen LogP contribution in [0.5, 0.6) is 5.75 Å². The molecular weight excluding hydrogens is 263 g/mol. The molecule has 0 amide bonds. The predicted molar refractivity (Wildman–Crippen MR) is 63.5 cm³/mol. The zero-order valence-corrected chi connectivity index (χ0v) is 9.96. The lowest BCUT2D eigenvalue weighted by Gasteiger charge is -2.17. The number of ether oxygens (including phenoxy) is 1. The topological polar surface area (TPSA) is 35.2 Å². The van der Waals surface area contributed by atoms with Crippen molar-refractivity contribution in [2.45, 2.75) is 12.4 Å². The number of thiophene rings is 1. The Balaban J connectivity index is 2.33. The van der Waals surface area contributed by atoms with Gasteiger partial charge in [-0.3, -0.25) is 0 Å². The number of alkyl halides is 3. The van der Waals surface area contributed by atoms with Gasteiger partial charge in [-0.25, -0.2) is 0 Å². The van der Waals surface area contributed by atoms with Crippen LogP contribution >= 0.6 is 11.3 Å². The maximum Gasteiger partial charge on any atom is 0.573 e. The van der Waals surface area contributed by atoms with Crippen LogP contribution in [0.15, 0.2) is 41.1 Å². The summed E-state index contributed by atoms with van der Waals surface area (Å²) in [6.45, 7) is 0. The molecule has 2 aromatic rings. The van der Waals surface area contributed by atoms with Crippen molar-refractivity contribution in [2.75, 3.05) is 0 Å². The van der Waals surface area contributed by atoms with Crippen LogP contribution in [0.3, 0.4) is 0 Å². The average Bonchev–Trinajstić information content (AvgIpc) is 2.80. The molecule has 0 spiro atoms. The Morgan fingerprint density at radius 1 is 1.17 bits per heavy atom. The molecule has 0 saturated heterocycles. The quantitative estimate of drug-likeness (QED) is 0.925. The Labute approximate surface area is 106 Å². The minimum absolute atomic E-state index is 0.260. The monoisotopic (exact) mass is 273 g/mol. The van der Waals surface area contributed by atoms with E-state index in [2.05, 4.69) is 4.74 Å². The third kappa shape index (κ3) is 3.02. The largest absolute Gasteiger partial charge is 0.573 e. The standard InChI is InChI=1S/C12H10F3NOS/c13-12(14,15)17-10-4-2-1-3-9(10)11(16)8-5-6-18-7-8/h1-7,11H,16H2. The molecule has 0 aliphatic rings. The van der Waals surface area contributed by atoms with Crippen molar-refractivity contribution in [3.05, 3.63) is 52.2 Å². The number of benzene rings is 1. The van der Waals surface area contributed by atoms with Crippen molar-refractivity contribution in [1.82, 2.24) is 0 Å². The highest BCUT2D eigenvalue weighted by Gasteiger charge is 2.32. The molecule has 1 unspecified atom stereocenters. The first-order chi connectivity index (χ1) is 8.47. The van der Waals surface area contributed by atoms with Gasteiger partial charge in [0.2, 0.25) is 0 Å². The average molecular weight is 273 g/mol. The zero-order valence-electron chi connectivity index (χ0n) is 9.15. The van der Waals surface area contributed by atoms with Crippen molar-refractivity contribution >= 4 is 11.3 Å². The molecule has 18 heavy (non-hydrogen) atoms. The molecule has 1 atom stereocenters. The number of nitrogens with two attached hydrogens (primary N) is 1. The number of halogens is 3. The van der Waals surface area contributed by atoms with E-state index in [1.54, 1.807) is 17.5 Å². The van der Waals surface area contributed by atoms with E-state index in [-0.39, 0.29) is 5.75 Å². The molecule has 2 rings (SSSR count). The van der Waals surface area contributed by atoms with Crippen LogP contribution in [-0.2, 0) is 0 Å². The Morgan fingerprint density at radius 2 is 1.89 bits per heavy atom. The van der Waals surface area contributed by atoms with Crippen LogP contribution in [-0.4, -0.2) is 6.36 Å². The lowest BCUT2D eigenvalue weighted by molar-refractivity contribution is -0.274. The van der Waals surface area contributed by atoms with Gasteiger partial charge in [-0.15, -0.1) is 13.2 Å². The molecule has 2 nitrogen and oxygen atoms in total. The van der Waals surface area contributed by atoms with Gasteiger partial charge < -0.3 is 10.5 Å². The van der Waals surface area contributed by atoms with E-state index >= 15 is 0 Å². The maximum atomic E-state index is 12.3. The number of hydrogen-bond donors (Lipinski definition) is 1. The van der Waals surface area contributed by atoms with Gasteiger partial charge in [0.05, 0.1) is 6.04 Å². The summed E-state index contributed by atoms with van der Waals surface area (Å²) in [5, 5.41) is 3.62. The highest BCUT2D eigenvalue weighted by molar-refractivity contribution is 7.08. The summed E-state index contributed by atoms with van der Waals surface area (Å²) in [6, 6.07) is 7.04.